The van der Waals surface area contributed by atoms with E-state index in [1.54, 1.807) is 17.0 Å². The molecule has 0 atom stereocenters. The third-order valence-corrected chi connectivity index (χ3v) is 5.83. The summed E-state index contributed by atoms with van der Waals surface area (Å²) in [6.07, 6.45) is 2.34. The van der Waals surface area contributed by atoms with Gasteiger partial charge >= 0.3 is 0 Å². The maximum Gasteiger partial charge on any atom is 0.283 e. The molecule has 30 heavy (non-hydrogen) atoms. The maximum absolute atomic E-state index is 13.3. The minimum atomic E-state index is -0.107. The summed E-state index contributed by atoms with van der Waals surface area (Å²) in [5, 5.41) is 9.50. The lowest BCUT2D eigenvalue weighted by atomic mass is 10.2. The molecule has 9 heteroatoms. The van der Waals surface area contributed by atoms with Crippen LogP contribution in [0.3, 0.4) is 0 Å². The fourth-order valence-corrected chi connectivity index (χ4v) is 4.12. The summed E-state index contributed by atoms with van der Waals surface area (Å²) in [6.45, 7) is 4.63. The molecular formula is C21H19ClN4O3S. The SMILES string of the molecule is CCCN(Cc1nnc(-c2ccco2)o1)C(=O)c1sc(-c2ccc(Cl)cc2)nc1C. The Kier molecular flexibility index (Phi) is 5.96. The Bertz CT molecular complexity index is 1140. The van der Waals surface area contributed by atoms with E-state index in [1.165, 1.54) is 17.6 Å². The Labute approximate surface area is 182 Å². The molecule has 4 rings (SSSR count). The number of aryl methyl sites for hydroxylation is 1. The summed E-state index contributed by atoms with van der Waals surface area (Å²) in [6, 6.07) is 10.9. The Morgan fingerprint density at radius 3 is 2.70 bits per heavy atom. The van der Waals surface area contributed by atoms with Crippen molar-refractivity contribution in [3.63, 3.8) is 0 Å². The zero-order valence-corrected chi connectivity index (χ0v) is 18.0. The molecule has 3 heterocycles. The second-order valence-corrected chi connectivity index (χ2v) is 8.08. The van der Waals surface area contributed by atoms with Gasteiger partial charge in [0.15, 0.2) is 5.76 Å². The molecular weight excluding hydrogens is 424 g/mol. The number of aromatic nitrogens is 3. The molecule has 0 aliphatic heterocycles. The third kappa shape index (κ3) is 4.29. The molecule has 4 aromatic rings. The molecule has 0 fully saturated rings. The lowest BCUT2D eigenvalue weighted by molar-refractivity contribution is 0.0732. The van der Waals surface area contributed by atoms with Crippen molar-refractivity contribution >= 4 is 28.8 Å². The van der Waals surface area contributed by atoms with Gasteiger partial charge in [-0.25, -0.2) is 4.98 Å². The zero-order chi connectivity index (χ0) is 21.1. The van der Waals surface area contributed by atoms with Crippen LogP contribution in [0.5, 0.6) is 0 Å². The fourth-order valence-electron chi connectivity index (χ4n) is 2.96. The first kappa shape index (κ1) is 20.3. The van der Waals surface area contributed by atoms with E-state index in [0.717, 1.165) is 17.0 Å². The van der Waals surface area contributed by atoms with Crippen LogP contribution in [0.2, 0.25) is 5.02 Å². The van der Waals surface area contributed by atoms with E-state index >= 15 is 0 Å². The van der Waals surface area contributed by atoms with Crippen LogP contribution in [0, 0.1) is 6.92 Å². The predicted molar refractivity (Wildman–Crippen MR) is 114 cm³/mol. The van der Waals surface area contributed by atoms with Crippen LogP contribution in [-0.4, -0.2) is 32.5 Å². The number of halogens is 1. The Morgan fingerprint density at radius 1 is 1.20 bits per heavy atom. The van der Waals surface area contributed by atoms with E-state index in [0.29, 0.717) is 33.8 Å². The zero-order valence-electron chi connectivity index (χ0n) is 16.5. The van der Waals surface area contributed by atoms with Crippen molar-refractivity contribution in [2.45, 2.75) is 26.8 Å². The molecule has 3 aromatic heterocycles. The number of thiazole rings is 1. The number of carbonyl (C=O) groups excluding carboxylic acids is 1. The van der Waals surface area contributed by atoms with Crippen LogP contribution in [0.25, 0.3) is 22.2 Å². The molecule has 0 bridgehead atoms. The van der Waals surface area contributed by atoms with Crippen molar-refractivity contribution in [1.29, 1.82) is 0 Å². The Morgan fingerprint density at radius 2 is 2.00 bits per heavy atom. The molecule has 0 N–H and O–H groups in total. The number of furan rings is 1. The Hall–Kier alpha value is -2.97. The largest absolute Gasteiger partial charge is 0.459 e. The van der Waals surface area contributed by atoms with Gasteiger partial charge in [-0.3, -0.25) is 4.79 Å². The highest BCUT2D eigenvalue weighted by Crippen LogP contribution is 2.30. The summed E-state index contributed by atoms with van der Waals surface area (Å²) in [5.74, 6) is 1.03. The average molecular weight is 443 g/mol. The quantitative estimate of drug-likeness (QED) is 0.377. The van der Waals surface area contributed by atoms with Gasteiger partial charge in [0.05, 0.1) is 18.5 Å². The topological polar surface area (TPSA) is 85.3 Å². The smallest absolute Gasteiger partial charge is 0.283 e. The van der Waals surface area contributed by atoms with Gasteiger partial charge in [-0.15, -0.1) is 21.5 Å². The normalized spacial score (nSPS) is 11.0. The van der Waals surface area contributed by atoms with E-state index in [4.69, 9.17) is 20.4 Å². The first-order valence-corrected chi connectivity index (χ1v) is 10.6. The van der Waals surface area contributed by atoms with Crippen LogP contribution >= 0.6 is 22.9 Å². The highest BCUT2D eigenvalue weighted by Gasteiger charge is 2.24. The number of benzene rings is 1. The van der Waals surface area contributed by atoms with Crippen molar-refractivity contribution in [2.24, 2.45) is 0 Å². The van der Waals surface area contributed by atoms with Crippen LogP contribution in [0.15, 0.2) is 51.5 Å². The number of hydrogen-bond acceptors (Lipinski definition) is 7. The van der Waals surface area contributed by atoms with Crippen LogP contribution in [0.1, 0.15) is 34.6 Å². The standard InChI is InChI=1S/C21H19ClN4O3S/c1-3-10-26(12-17-24-25-19(29-17)16-5-4-11-28-16)21(27)18-13(2)23-20(30-18)14-6-8-15(22)9-7-14/h4-9,11H,3,10,12H2,1-2H3. The van der Waals surface area contributed by atoms with Gasteiger partial charge in [-0.05, 0) is 37.6 Å². The molecule has 7 nitrogen and oxygen atoms in total. The summed E-state index contributed by atoms with van der Waals surface area (Å²) in [5.41, 5.74) is 1.62. The number of carbonyl (C=O) groups is 1. The van der Waals surface area contributed by atoms with Crippen LogP contribution in [-0.2, 0) is 6.54 Å². The third-order valence-electron chi connectivity index (χ3n) is 4.39. The molecule has 0 saturated carbocycles. The molecule has 0 unspecified atom stereocenters. The van der Waals surface area contributed by atoms with Gasteiger partial charge in [0, 0.05) is 17.1 Å². The van der Waals surface area contributed by atoms with Crippen molar-refractivity contribution in [3.8, 4) is 22.2 Å². The number of nitrogens with zero attached hydrogens (tertiary/aromatic N) is 4. The predicted octanol–water partition coefficient (Wildman–Crippen LogP) is 5.47. The van der Waals surface area contributed by atoms with Crippen molar-refractivity contribution in [3.05, 3.63) is 64.1 Å². The van der Waals surface area contributed by atoms with E-state index in [1.807, 2.05) is 38.1 Å². The van der Waals surface area contributed by atoms with Crippen molar-refractivity contribution < 1.29 is 13.6 Å². The highest BCUT2D eigenvalue weighted by molar-refractivity contribution is 7.17. The van der Waals surface area contributed by atoms with Gasteiger partial charge in [0.2, 0.25) is 5.89 Å². The van der Waals surface area contributed by atoms with E-state index in [2.05, 4.69) is 15.2 Å². The first-order valence-electron chi connectivity index (χ1n) is 9.44. The van der Waals surface area contributed by atoms with Crippen LogP contribution in [0.4, 0.5) is 0 Å². The summed E-state index contributed by atoms with van der Waals surface area (Å²) < 4.78 is 11.0. The average Bonchev–Trinajstić information content (AvgIpc) is 3.48. The molecule has 0 aliphatic carbocycles. The van der Waals surface area contributed by atoms with Crippen LogP contribution < -0.4 is 0 Å². The van der Waals surface area contributed by atoms with Gasteiger partial charge in [-0.2, -0.15) is 0 Å². The van der Waals surface area contributed by atoms with E-state index in [9.17, 15) is 4.79 Å². The number of hydrogen-bond donors (Lipinski definition) is 0. The molecule has 0 radical (unpaired) electrons. The summed E-state index contributed by atoms with van der Waals surface area (Å²) >= 11 is 7.34. The first-order chi connectivity index (χ1) is 14.5. The molecule has 1 aromatic carbocycles. The van der Waals surface area contributed by atoms with Gasteiger partial charge in [0.1, 0.15) is 9.88 Å². The van der Waals surface area contributed by atoms with E-state index < -0.39 is 0 Å². The maximum atomic E-state index is 13.3. The molecule has 0 saturated heterocycles. The van der Waals surface area contributed by atoms with Crippen molar-refractivity contribution in [1.82, 2.24) is 20.1 Å². The summed E-state index contributed by atoms with van der Waals surface area (Å²) in [4.78, 5) is 20.1. The molecule has 154 valence electrons. The molecule has 0 spiro atoms. The second kappa shape index (κ2) is 8.81. The minimum absolute atomic E-state index is 0.107. The minimum Gasteiger partial charge on any atom is -0.459 e. The van der Waals surface area contributed by atoms with Gasteiger partial charge in [0.25, 0.3) is 11.8 Å². The monoisotopic (exact) mass is 442 g/mol. The second-order valence-electron chi connectivity index (χ2n) is 6.65. The van der Waals surface area contributed by atoms with Crippen molar-refractivity contribution in [2.75, 3.05) is 6.54 Å². The lowest BCUT2D eigenvalue weighted by Gasteiger charge is -2.19. The lowest BCUT2D eigenvalue weighted by Crippen LogP contribution is -2.31. The number of amides is 1. The summed E-state index contributed by atoms with van der Waals surface area (Å²) in [7, 11) is 0. The molecule has 1 amide bonds. The number of rotatable bonds is 7. The highest BCUT2D eigenvalue weighted by atomic mass is 35.5. The Balaban J connectivity index is 1.56. The van der Waals surface area contributed by atoms with Gasteiger partial charge < -0.3 is 13.7 Å². The van der Waals surface area contributed by atoms with Gasteiger partial charge in [-0.1, -0.05) is 30.7 Å². The van der Waals surface area contributed by atoms with E-state index in [-0.39, 0.29) is 18.3 Å². The fraction of sp³-hybridized carbons (Fsp3) is 0.238. The molecule has 0 aliphatic rings.